The second-order valence-electron chi connectivity index (χ2n) is 7.39. The number of hydrogen-bond donors (Lipinski definition) is 0. The summed E-state index contributed by atoms with van der Waals surface area (Å²) in [7, 11) is 0. The van der Waals surface area contributed by atoms with Gasteiger partial charge in [0.15, 0.2) is 25.1 Å². The number of carbonyl (C=O) groups is 16. The summed E-state index contributed by atoms with van der Waals surface area (Å²) in [6.07, 6.45) is -5.98. The van der Waals surface area contributed by atoms with Crippen molar-refractivity contribution in [2.75, 3.05) is 0 Å². The molecule has 0 saturated heterocycles. The Hall–Kier alpha value is -5.37. The Bertz CT molecular complexity index is 1010. The first-order chi connectivity index (χ1) is 20.2. The molecule has 0 N–H and O–H groups in total. The van der Waals surface area contributed by atoms with Crippen molar-refractivity contribution in [1.29, 1.82) is 0 Å². The predicted molar refractivity (Wildman–Crippen MR) is 121 cm³/mol. The molecule has 0 amide bonds. The zero-order valence-corrected chi connectivity index (χ0v) is 24.2. The van der Waals surface area contributed by atoms with Crippen LogP contribution in [0.1, 0.15) is 51.4 Å². The number of rotatable bonds is 20. The van der Waals surface area contributed by atoms with Gasteiger partial charge < -0.3 is 39.6 Å². The summed E-state index contributed by atoms with van der Waals surface area (Å²) in [4.78, 5) is 160. The van der Waals surface area contributed by atoms with Gasteiger partial charge in [0.25, 0.3) is 0 Å². The molecule has 20 nitrogen and oxygen atoms in total. The van der Waals surface area contributed by atoms with E-state index in [1.165, 1.54) is 0 Å². The second kappa shape index (κ2) is 30.1. The third-order valence-electron chi connectivity index (χ3n) is 3.38. The molecule has 0 heterocycles. The fourth-order valence-electron chi connectivity index (χ4n) is 1.84. The standard InChI is InChI=1S/4C6H6O5.Ti/c4*7-3-5(9)1-4(8)2-6(10)11;/h4*3H,1-2H2,(H,10,11);/q;;;;+4/p-4. The first-order valence-corrected chi connectivity index (χ1v) is 11.0. The normalized spacial score (nSPS) is 8.53. The van der Waals surface area contributed by atoms with E-state index >= 15 is 0 Å². The van der Waals surface area contributed by atoms with Crippen molar-refractivity contribution in [3.63, 3.8) is 0 Å². The molecule has 240 valence electrons. The Morgan fingerprint density at radius 1 is 0.311 bits per heavy atom. The Labute approximate surface area is 265 Å². The van der Waals surface area contributed by atoms with Crippen LogP contribution < -0.4 is 20.4 Å². The number of carboxylic acid groups (broad SMARTS) is 4. The van der Waals surface area contributed by atoms with Gasteiger partial charge in [-0.2, -0.15) is 0 Å². The second-order valence-corrected chi connectivity index (χ2v) is 7.39. The maximum absolute atomic E-state index is 10.4. The number of carbonyl (C=O) groups excluding carboxylic acids is 16. The molecule has 0 aliphatic heterocycles. The van der Waals surface area contributed by atoms with Crippen LogP contribution >= 0.6 is 0 Å². The summed E-state index contributed by atoms with van der Waals surface area (Å²) in [6.45, 7) is 0. The topological polar surface area (TPSA) is 365 Å². The van der Waals surface area contributed by atoms with Crippen molar-refractivity contribution in [2.45, 2.75) is 51.4 Å². The number of aliphatic carboxylic acids is 4. The minimum absolute atomic E-state index is 0. The number of aldehydes is 4. The smallest absolute Gasteiger partial charge is 0.550 e. The molecule has 0 unspecified atom stereocenters. The summed E-state index contributed by atoms with van der Waals surface area (Å²) in [6, 6.07) is 0. The molecule has 0 aliphatic carbocycles. The van der Waals surface area contributed by atoms with E-state index in [9.17, 15) is 97.1 Å². The summed E-state index contributed by atoms with van der Waals surface area (Å²) in [5.74, 6) is -13.1. The molecule has 0 fully saturated rings. The van der Waals surface area contributed by atoms with Crippen LogP contribution in [0.5, 0.6) is 0 Å². The number of hydrogen-bond acceptors (Lipinski definition) is 20. The van der Waals surface area contributed by atoms with Crippen LogP contribution in [0.2, 0.25) is 0 Å². The predicted octanol–water partition coefficient (Wildman–Crippen LogP) is -8.59. The number of ketones is 8. The maximum atomic E-state index is 10.4. The number of Topliss-reactive ketones (excluding diaryl/α,β-unsaturated/α-hetero) is 8. The van der Waals surface area contributed by atoms with Gasteiger partial charge in [0.1, 0.15) is 23.1 Å². The SMILES string of the molecule is O=CC(=O)CC(=O)CC(=O)[O-].O=CC(=O)CC(=O)CC(=O)[O-].O=CC(=O)CC(=O)CC(=O)[O-].O=CC(=O)CC(=O)CC(=O)[O-].[Ti+4]. The van der Waals surface area contributed by atoms with Crippen molar-refractivity contribution in [1.82, 2.24) is 0 Å². The maximum Gasteiger partial charge on any atom is 4.00 e. The minimum Gasteiger partial charge on any atom is -0.550 e. The van der Waals surface area contributed by atoms with E-state index < -0.39 is 122 Å². The Kier molecular flexibility index (Phi) is 33.0. The molecule has 21 heteroatoms. The van der Waals surface area contributed by atoms with Crippen LogP contribution in [0.25, 0.3) is 0 Å². The van der Waals surface area contributed by atoms with Crippen molar-refractivity contribution in [3.05, 3.63) is 0 Å². The number of carboxylic acids is 4. The van der Waals surface area contributed by atoms with Crippen LogP contribution in [0.3, 0.4) is 0 Å². The first-order valence-electron chi connectivity index (χ1n) is 11.0. The Morgan fingerprint density at radius 2 is 0.444 bits per heavy atom. The van der Waals surface area contributed by atoms with Crippen LogP contribution in [0.15, 0.2) is 0 Å². The summed E-state index contributed by atoms with van der Waals surface area (Å²) < 4.78 is 0. The van der Waals surface area contributed by atoms with E-state index in [1.54, 1.807) is 0 Å². The molecular weight excluding hydrogens is 656 g/mol. The minimum atomic E-state index is -1.55. The summed E-state index contributed by atoms with van der Waals surface area (Å²) >= 11 is 0. The quantitative estimate of drug-likeness (QED) is 0.0500. The first kappa shape index (κ1) is 49.3. The molecule has 0 saturated carbocycles. The van der Waals surface area contributed by atoms with Gasteiger partial charge in [0.2, 0.25) is 23.1 Å². The molecule has 0 atom stereocenters. The molecule has 0 aliphatic rings. The van der Waals surface area contributed by atoms with Crippen molar-refractivity contribution in [2.24, 2.45) is 0 Å². The third kappa shape index (κ3) is 43.2. The van der Waals surface area contributed by atoms with E-state index in [0.29, 0.717) is 0 Å². The molecule has 45 heavy (non-hydrogen) atoms. The molecule has 0 radical (unpaired) electrons. The molecule has 0 aromatic rings. The zero-order valence-electron chi connectivity index (χ0n) is 22.6. The third-order valence-corrected chi connectivity index (χ3v) is 3.38. The largest absolute Gasteiger partial charge is 4.00 e. The van der Waals surface area contributed by atoms with E-state index in [1.807, 2.05) is 0 Å². The van der Waals surface area contributed by atoms with Crippen LogP contribution in [0.4, 0.5) is 0 Å². The van der Waals surface area contributed by atoms with Crippen molar-refractivity contribution >= 4 is 95.3 Å². The molecular formula is C24H20O20Ti. The van der Waals surface area contributed by atoms with Gasteiger partial charge in [-0.3, -0.25) is 57.5 Å². The zero-order chi connectivity index (χ0) is 35.4. The van der Waals surface area contributed by atoms with Crippen LogP contribution in [-0.2, 0) is 98.4 Å². The molecule has 0 rings (SSSR count). The molecule has 0 bridgehead atoms. The van der Waals surface area contributed by atoms with Gasteiger partial charge in [0.05, 0.1) is 25.7 Å². The van der Waals surface area contributed by atoms with Gasteiger partial charge in [-0.05, 0) is 0 Å². The van der Waals surface area contributed by atoms with Crippen molar-refractivity contribution in [3.8, 4) is 0 Å². The van der Waals surface area contributed by atoms with Gasteiger partial charge >= 0.3 is 21.7 Å². The average Bonchev–Trinajstić information content (AvgIpc) is 2.87. The average molecular weight is 676 g/mol. The summed E-state index contributed by atoms with van der Waals surface area (Å²) in [5.41, 5.74) is 0. The molecule has 0 spiro atoms. The Balaban J connectivity index is -0.000000157. The van der Waals surface area contributed by atoms with Crippen LogP contribution in [-0.4, -0.2) is 95.3 Å². The molecule has 0 aromatic heterocycles. The molecule has 0 aromatic carbocycles. The van der Waals surface area contributed by atoms with E-state index in [-0.39, 0.29) is 46.9 Å². The van der Waals surface area contributed by atoms with Gasteiger partial charge in [-0.25, -0.2) is 0 Å². The monoisotopic (exact) mass is 676 g/mol. The van der Waals surface area contributed by atoms with E-state index in [2.05, 4.69) is 0 Å². The van der Waals surface area contributed by atoms with Gasteiger partial charge in [-0.15, -0.1) is 0 Å². The van der Waals surface area contributed by atoms with Crippen LogP contribution in [0, 0.1) is 0 Å². The van der Waals surface area contributed by atoms with E-state index in [0.717, 1.165) is 0 Å². The van der Waals surface area contributed by atoms with Crippen molar-refractivity contribution < 1.29 is 119 Å². The van der Waals surface area contributed by atoms with Gasteiger partial charge in [-0.1, -0.05) is 0 Å². The summed E-state index contributed by atoms with van der Waals surface area (Å²) in [5, 5.41) is 39.0. The fraction of sp³-hybridized carbons (Fsp3) is 0.333. The van der Waals surface area contributed by atoms with E-state index in [4.69, 9.17) is 0 Å². The fourth-order valence-corrected chi connectivity index (χ4v) is 1.84. The van der Waals surface area contributed by atoms with Gasteiger partial charge in [0, 0.05) is 49.6 Å². The Morgan fingerprint density at radius 3 is 0.533 bits per heavy atom.